The van der Waals surface area contributed by atoms with Crippen molar-refractivity contribution in [1.82, 2.24) is 0 Å². The van der Waals surface area contributed by atoms with Crippen LogP contribution in [0.1, 0.15) is 258 Å². The minimum absolute atomic E-state index is 0.379. The Morgan fingerprint density at radius 2 is 0.582 bits per heavy atom. The highest BCUT2D eigenvalue weighted by molar-refractivity contribution is 5.49. The van der Waals surface area contributed by atoms with Crippen LogP contribution < -0.4 is 0 Å². The normalized spacial score (nSPS) is 13.0. The average Bonchev–Trinajstić information content (AvgIpc) is 3.19. The van der Waals surface area contributed by atoms with Crippen molar-refractivity contribution in [3.63, 3.8) is 0 Å². The van der Waals surface area contributed by atoms with Crippen LogP contribution in [0.15, 0.2) is 24.3 Å². The van der Waals surface area contributed by atoms with Gasteiger partial charge in [0.15, 0.2) is 12.6 Å². The van der Waals surface area contributed by atoms with Crippen molar-refractivity contribution < 1.29 is 23.8 Å². The van der Waals surface area contributed by atoms with Crippen molar-refractivity contribution in [3.8, 4) is 0 Å². The second-order valence-corrected chi connectivity index (χ2v) is 16.3. The topological polar surface area (TPSA) is 61.8 Å². The van der Waals surface area contributed by atoms with Gasteiger partial charge in [-0.25, -0.2) is 0 Å². The molecular formula is C50H94O5. The fourth-order valence-corrected chi connectivity index (χ4v) is 7.15. The first-order valence-electron chi connectivity index (χ1n) is 24.4. The quantitative estimate of drug-likeness (QED) is 0.0267. The molecule has 0 aromatic carbocycles. The van der Waals surface area contributed by atoms with E-state index in [0.29, 0.717) is 0 Å². The molecule has 0 aliphatic heterocycles. The Labute approximate surface area is 343 Å². The van der Waals surface area contributed by atoms with Crippen LogP contribution in [-0.4, -0.2) is 38.4 Å². The van der Waals surface area contributed by atoms with E-state index in [2.05, 4.69) is 38.2 Å². The van der Waals surface area contributed by atoms with Crippen molar-refractivity contribution in [2.75, 3.05) is 13.2 Å². The number of hydrogen-bond donors (Lipinski definition) is 0. The molecule has 0 spiro atoms. The van der Waals surface area contributed by atoms with E-state index >= 15 is 0 Å². The van der Waals surface area contributed by atoms with Crippen molar-refractivity contribution in [2.45, 2.75) is 270 Å². The van der Waals surface area contributed by atoms with E-state index in [4.69, 9.17) is 14.2 Å². The molecule has 2 unspecified atom stereocenters. The molecule has 0 aromatic heterocycles. The lowest BCUT2D eigenvalue weighted by atomic mass is 10.1. The molecule has 324 valence electrons. The number of carbonyl (C=O) groups excluding carboxylic acids is 2. The molecule has 55 heavy (non-hydrogen) atoms. The molecule has 0 aliphatic carbocycles. The minimum Gasteiger partial charge on any atom is -0.349 e. The number of ether oxygens (including phenoxy) is 3. The summed E-state index contributed by atoms with van der Waals surface area (Å²) in [5.74, 6) is 0. The Kier molecular flexibility index (Phi) is 47.7. The van der Waals surface area contributed by atoms with Crippen LogP contribution in [0.2, 0.25) is 0 Å². The van der Waals surface area contributed by atoms with E-state index in [9.17, 15) is 9.59 Å². The van der Waals surface area contributed by atoms with E-state index in [1.165, 1.54) is 193 Å². The zero-order chi connectivity index (χ0) is 39.8. The van der Waals surface area contributed by atoms with Gasteiger partial charge in [0.1, 0.15) is 12.6 Å². The Morgan fingerprint density at radius 1 is 0.327 bits per heavy atom. The third-order valence-electron chi connectivity index (χ3n) is 10.8. The van der Waals surface area contributed by atoms with E-state index in [-0.39, 0.29) is 12.6 Å². The minimum atomic E-state index is -0.379. The molecule has 0 saturated heterocycles. The Balaban J connectivity index is 4.89. The summed E-state index contributed by atoms with van der Waals surface area (Å²) in [7, 11) is 0. The van der Waals surface area contributed by atoms with Gasteiger partial charge in [0.05, 0.1) is 13.2 Å². The number of unbranched alkanes of at least 4 members (excludes halogenated alkanes) is 34. The summed E-state index contributed by atoms with van der Waals surface area (Å²) in [6.07, 6.45) is 56.9. The number of rotatable bonds is 48. The van der Waals surface area contributed by atoms with E-state index in [0.717, 1.165) is 77.2 Å². The van der Waals surface area contributed by atoms with Crippen LogP contribution in [0.4, 0.5) is 0 Å². The molecule has 0 bridgehead atoms. The van der Waals surface area contributed by atoms with Crippen LogP contribution in [0.3, 0.4) is 0 Å². The first-order chi connectivity index (χ1) is 27.3. The lowest BCUT2D eigenvalue weighted by molar-refractivity contribution is -0.208. The summed E-state index contributed by atoms with van der Waals surface area (Å²) >= 11 is 0. The molecule has 0 rings (SSSR count). The molecule has 0 amide bonds. The summed E-state index contributed by atoms with van der Waals surface area (Å²) in [6.45, 7) is 6.02. The second-order valence-electron chi connectivity index (χ2n) is 16.3. The third-order valence-corrected chi connectivity index (χ3v) is 10.8. The number of aldehydes is 2. The van der Waals surface area contributed by atoms with Gasteiger partial charge >= 0.3 is 0 Å². The maximum Gasteiger partial charge on any atom is 0.180 e. The van der Waals surface area contributed by atoms with Crippen molar-refractivity contribution in [1.29, 1.82) is 0 Å². The zero-order valence-corrected chi connectivity index (χ0v) is 36.9. The molecular weight excluding hydrogens is 681 g/mol. The lowest BCUT2D eigenvalue weighted by Crippen LogP contribution is -2.25. The van der Waals surface area contributed by atoms with Gasteiger partial charge in [0, 0.05) is 12.8 Å². The molecule has 0 aromatic rings. The summed E-state index contributed by atoms with van der Waals surface area (Å²) in [5, 5.41) is 0. The third kappa shape index (κ3) is 45.3. The monoisotopic (exact) mass is 775 g/mol. The maximum atomic E-state index is 10.5. The van der Waals surface area contributed by atoms with E-state index in [1.54, 1.807) is 0 Å². The molecule has 0 aliphatic rings. The van der Waals surface area contributed by atoms with Gasteiger partial charge in [-0.1, -0.05) is 206 Å². The smallest absolute Gasteiger partial charge is 0.180 e. The number of carbonyl (C=O) groups is 2. The Bertz CT molecular complexity index is 731. The van der Waals surface area contributed by atoms with Gasteiger partial charge in [-0.2, -0.15) is 0 Å². The summed E-state index contributed by atoms with van der Waals surface area (Å²) in [6, 6.07) is 0. The van der Waals surface area contributed by atoms with Gasteiger partial charge in [0.2, 0.25) is 0 Å². The molecule has 0 fully saturated rings. The van der Waals surface area contributed by atoms with E-state index < -0.39 is 0 Å². The molecule has 2 atom stereocenters. The number of allylic oxidation sites excluding steroid dienone is 2. The number of hydrogen-bond acceptors (Lipinski definition) is 5. The largest absolute Gasteiger partial charge is 0.349 e. The molecule has 0 N–H and O–H groups in total. The maximum absolute atomic E-state index is 10.5. The predicted octanol–water partition coefficient (Wildman–Crippen LogP) is 16.1. The molecule has 5 nitrogen and oxygen atoms in total. The van der Waals surface area contributed by atoms with Gasteiger partial charge in [-0.05, 0) is 63.5 Å². The first-order valence-corrected chi connectivity index (χ1v) is 24.4. The summed E-state index contributed by atoms with van der Waals surface area (Å²) < 4.78 is 19.3. The van der Waals surface area contributed by atoms with Crippen LogP contribution >= 0.6 is 0 Å². The Morgan fingerprint density at radius 3 is 0.873 bits per heavy atom. The Hall–Kier alpha value is -1.30. The van der Waals surface area contributed by atoms with Crippen LogP contribution in [-0.2, 0) is 23.8 Å². The summed E-state index contributed by atoms with van der Waals surface area (Å²) in [5.41, 5.74) is 0. The highest BCUT2D eigenvalue weighted by atomic mass is 16.8. The molecule has 0 radical (unpaired) electrons. The summed E-state index contributed by atoms with van der Waals surface area (Å²) in [4.78, 5) is 20.9. The van der Waals surface area contributed by atoms with Crippen molar-refractivity contribution >= 4 is 12.6 Å². The van der Waals surface area contributed by atoms with E-state index in [1.807, 2.05) is 0 Å². The van der Waals surface area contributed by atoms with Crippen molar-refractivity contribution in [3.05, 3.63) is 24.3 Å². The standard InChI is InChI=1S/C50H94O5/c1-3-5-7-9-11-29-35-41-47-53-49(43-37-31-25-21-17-13-15-19-23-27-33-39-45-51)55-50(54-48-42-36-30-12-10-8-6-4-2)44-38-32-26-22-18-14-16-20-24-28-34-40-46-52/h37-38,43-46,49-50H,3-36,39-42,47-48H2,1-2H3. The fourth-order valence-electron chi connectivity index (χ4n) is 7.15. The lowest BCUT2D eigenvalue weighted by Gasteiger charge is -2.22. The van der Waals surface area contributed by atoms with Gasteiger partial charge in [-0.3, -0.25) is 0 Å². The second kappa shape index (κ2) is 48.8. The van der Waals surface area contributed by atoms with Gasteiger partial charge in [-0.15, -0.1) is 0 Å². The molecule has 0 saturated carbocycles. The van der Waals surface area contributed by atoms with Crippen molar-refractivity contribution in [2.24, 2.45) is 0 Å². The van der Waals surface area contributed by atoms with Gasteiger partial charge < -0.3 is 23.8 Å². The average molecular weight is 775 g/mol. The van der Waals surface area contributed by atoms with Crippen LogP contribution in [0.25, 0.3) is 0 Å². The molecule has 0 heterocycles. The zero-order valence-electron chi connectivity index (χ0n) is 36.9. The highest BCUT2D eigenvalue weighted by Gasteiger charge is 2.14. The fraction of sp³-hybridized carbons (Fsp3) is 0.880. The van der Waals surface area contributed by atoms with Gasteiger partial charge in [0.25, 0.3) is 0 Å². The highest BCUT2D eigenvalue weighted by Crippen LogP contribution is 2.16. The SMILES string of the molecule is CCCCCCCCCCOC(C=CCCCCCCCCCCCC=O)OC(C=CCCCCCCCCCCCC=O)OCCCCCCCCCC. The first kappa shape index (κ1) is 53.7. The van der Waals surface area contributed by atoms with Crippen LogP contribution in [0.5, 0.6) is 0 Å². The van der Waals surface area contributed by atoms with Crippen LogP contribution in [0, 0.1) is 0 Å². The molecule has 5 heteroatoms. The predicted molar refractivity (Wildman–Crippen MR) is 238 cm³/mol.